The first kappa shape index (κ1) is 15.2. The minimum atomic E-state index is -0.825. The molecule has 0 saturated carbocycles. The van der Waals surface area contributed by atoms with Gasteiger partial charge in [0.15, 0.2) is 5.75 Å². The second kappa shape index (κ2) is 7.58. The lowest BCUT2D eigenvalue weighted by Gasteiger charge is -2.06. The van der Waals surface area contributed by atoms with Gasteiger partial charge in [-0.3, -0.25) is 14.9 Å². The van der Waals surface area contributed by atoms with Crippen LogP contribution in [0.15, 0.2) is 18.2 Å². The summed E-state index contributed by atoms with van der Waals surface area (Å²) in [4.78, 5) is 20.5. The number of carboxylic acids is 1. The molecular formula is C12H14ClNO5. The summed E-state index contributed by atoms with van der Waals surface area (Å²) >= 11 is 5.68. The molecule has 0 heterocycles. The molecule has 0 aliphatic heterocycles. The van der Waals surface area contributed by atoms with Gasteiger partial charge in [-0.05, 0) is 31.4 Å². The molecule has 7 heteroatoms. The summed E-state index contributed by atoms with van der Waals surface area (Å²) in [5.41, 5.74) is -0.168. The van der Waals surface area contributed by atoms with Gasteiger partial charge >= 0.3 is 11.7 Å². The number of nitro benzene ring substituents is 1. The summed E-state index contributed by atoms with van der Waals surface area (Å²) in [6.07, 6.45) is 2.04. The first-order valence-electron chi connectivity index (χ1n) is 5.79. The van der Waals surface area contributed by atoms with Crippen molar-refractivity contribution in [3.05, 3.63) is 33.3 Å². The Morgan fingerprint density at radius 1 is 1.37 bits per heavy atom. The average Bonchev–Trinajstić information content (AvgIpc) is 2.34. The summed E-state index contributed by atoms with van der Waals surface area (Å²) in [6, 6.07) is 4.22. The van der Waals surface area contributed by atoms with Crippen LogP contribution in [0.2, 0.25) is 5.02 Å². The van der Waals surface area contributed by atoms with Crippen LogP contribution >= 0.6 is 11.6 Å². The Morgan fingerprint density at radius 3 is 2.74 bits per heavy atom. The zero-order valence-electron chi connectivity index (χ0n) is 10.2. The van der Waals surface area contributed by atoms with E-state index in [1.807, 2.05) is 0 Å². The maximum Gasteiger partial charge on any atom is 0.312 e. The highest BCUT2D eigenvalue weighted by Crippen LogP contribution is 2.29. The van der Waals surface area contributed by atoms with Crippen molar-refractivity contribution in [2.45, 2.75) is 25.7 Å². The van der Waals surface area contributed by atoms with E-state index in [-0.39, 0.29) is 22.9 Å². The van der Waals surface area contributed by atoms with Crippen LogP contribution in [0.5, 0.6) is 5.75 Å². The molecule has 0 unspecified atom stereocenters. The van der Waals surface area contributed by atoms with Crippen LogP contribution in [0, 0.1) is 10.1 Å². The van der Waals surface area contributed by atoms with Crippen LogP contribution in [-0.4, -0.2) is 22.6 Å². The topological polar surface area (TPSA) is 89.7 Å². The average molecular weight is 288 g/mol. The molecule has 0 aliphatic rings. The number of aliphatic carboxylic acids is 1. The number of unbranched alkanes of at least 4 members (excludes halogenated alkanes) is 2. The quantitative estimate of drug-likeness (QED) is 0.450. The molecule has 0 atom stereocenters. The number of hydrogen-bond donors (Lipinski definition) is 1. The van der Waals surface area contributed by atoms with Gasteiger partial charge in [-0.2, -0.15) is 0 Å². The molecule has 0 bridgehead atoms. The van der Waals surface area contributed by atoms with Crippen LogP contribution in [0.4, 0.5) is 5.69 Å². The number of carboxylic acid groups (broad SMARTS) is 1. The van der Waals surface area contributed by atoms with Gasteiger partial charge in [-0.1, -0.05) is 11.6 Å². The van der Waals surface area contributed by atoms with Gasteiger partial charge in [-0.25, -0.2) is 0 Å². The van der Waals surface area contributed by atoms with E-state index in [1.54, 1.807) is 0 Å². The Morgan fingerprint density at radius 2 is 2.11 bits per heavy atom. The molecular weight excluding hydrogens is 274 g/mol. The van der Waals surface area contributed by atoms with Crippen molar-refractivity contribution in [3.8, 4) is 5.75 Å². The Bertz CT molecular complexity index is 463. The maximum atomic E-state index is 10.8. The molecule has 6 nitrogen and oxygen atoms in total. The highest BCUT2D eigenvalue weighted by Gasteiger charge is 2.15. The summed E-state index contributed by atoms with van der Waals surface area (Å²) in [7, 11) is 0. The molecule has 0 spiro atoms. The Hall–Kier alpha value is -1.82. The number of hydrogen-bond acceptors (Lipinski definition) is 4. The summed E-state index contributed by atoms with van der Waals surface area (Å²) < 4.78 is 5.31. The Balaban J connectivity index is 2.41. The van der Waals surface area contributed by atoms with Crippen molar-refractivity contribution in [2.24, 2.45) is 0 Å². The molecule has 19 heavy (non-hydrogen) atoms. The van der Waals surface area contributed by atoms with Crippen molar-refractivity contribution < 1.29 is 19.6 Å². The minimum Gasteiger partial charge on any atom is -0.487 e. The molecule has 104 valence electrons. The molecule has 1 rings (SSSR count). The molecule has 1 aromatic rings. The predicted molar refractivity (Wildman–Crippen MR) is 69.7 cm³/mol. The number of benzene rings is 1. The standard InChI is InChI=1S/C12H14ClNO5/c13-9-5-6-11(10(8-9)14(17)18)19-7-3-1-2-4-12(15)16/h5-6,8H,1-4,7H2,(H,15,16). The summed E-state index contributed by atoms with van der Waals surface area (Å²) in [5.74, 6) is -0.651. The van der Waals surface area contributed by atoms with E-state index in [1.165, 1.54) is 18.2 Å². The number of ether oxygens (including phenoxy) is 1. The van der Waals surface area contributed by atoms with E-state index in [4.69, 9.17) is 21.4 Å². The van der Waals surface area contributed by atoms with Crippen molar-refractivity contribution in [3.63, 3.8) is 0 Å². The lowest BCUT2D eigenvalue weighted by Crippen LogP contribution is -2.01. The number of rotatable bonds is 8. The van der Waals surface area contributed by atoms with Crippen molar-refractivity contribution >= 4 is 23.3 Å². The van der Waals surface area contributed by atoms with Crippen LogP contribution < -0.4 is 4.74 Å². The molecule has 0 saturated heterocycles. The number of nitrogens with zero attached hydrogens (tertiary/aromatic N) is 1. The molecule has 0 aromatic heterocycles. The second-order valence-corrected chi connectivity index (χ2v) is 4.36. The maximum absolute atomic E-state index is 10.8. The third-order valence-corrected chi connectivity index (χ3v) is 2.65. The Kier molecular flexibility index (Phi) is 6.08. The van der Waals surface area contributed by atoms with E-state index in [0.717, 1.165) is 0 Å². The van der Waals surface area contributed by atoms with Gasteiger partial charge in [0.2, 0.25) is 0 Å². The van der Waals surface area contributed by atoms with E-state index in [0.29, 0.717) is 25.9 Å². The van der Waals surface area contributed by atoms with Gasteiger partial charge in [0.25, 0.3) is 0 Å². The van der Waals surface area contributed by atoms with Gasteiger partial charge in [0, 0.05) is 17.5 Å². The Labute approximate surface area is 115 Å². The molecule has 0 fully saturated rings. The van der Waals surface area contributed by atoms with Crippen molar-refractivity contribution in [1.82, 2.24) is 0 Å². The molecule has 0 amide bonds. The number of halogens is 1. The largest absolute Gasteiger partial charge is 0.487 e. The smallest absolute Gasteiger partial charge is 0.312 e. The highest BCUT2D eigenvalue weighted by atomic mass is 35.5. The van der Waals surface area contributed by atoms with E-state index in [2.05, 4.69) is 0 Å². The zero-order chi connectivity index (χ0) is 14.3. The summed E-state index contributed by atoms with van der Waals surface area (Å²) in [5, 5.41) is 19.5. The molecule has 1 N–H and O–H groups in total. The van der Waals surface area contributed by atoms with Crippen molar-refractivity contribution in [2.75, 3.05) is 6.61 Å². The normalized spacial score (nSPS) is 10.2. The van der Waals surface area contributed by atoms with E-state index >= 15 is 0 Å². The fourth-order valence-corrected chi connectivity index (χ4v) is 1.66. The predicted octanol–water partition coefficient (Wildman–Crippen LogP) is 3.27. The zero-order valence-corrected chi connectivity index (χ0v) is 10.9. The van der Waals surface area contributed by atoms with Crippen LogP contribution in [0.25, 0.3) is 0 Å². The van der Waals surface area contributed by atoms with Gasteiger partial charge in [0.1, 0.15) is 0 Å². The summed E-state index contributed by atoms with van der Waals surface area (Å²) in [6.45, 7) is 0.308. The first-order chi connectivity index (χ1) is 9.00. The van der Waals surface area contributed by atoms with Gasteiger partial charge in [0.05, 0.1) is 11.5 Å². The molecule has 1 aromatic carbocycles. The fourth-order valence-electron chi connectivity index (χ4n) is 1.49. The minimum absolute atomic E-state index is 0.126. The molecule has 0 aliphatic carbocycles. The highest BCUT2D eigenvalue weighted by molar-refractivity contribution is 6.30. The second-order valence-electron chi connectivity index (χ2n) is 3.92. The SMILES string of the molecule is O=C(O)CCCCCOc1ccc(Cl)cc1[N+](=O)[O-]. The van der Waals surface area contributed by atoms with Crippen molar-refractivity contribution in [1.29, 1.82) is 0 Å². The fraction of sp³-hybridized carbons (Fsp3) is 0.417. The number of carbonyl (C=O) groups is 1. The van der Waals surface area contributed by atoms with E-state index < -0.39 is 10.9 Å². The van der Waals surface area contributed by atoms with E-state index in [9.17, 15) is 14.9 Å². The molecule has 0 radical (unpaired) electrons. The van der Waals surface area contributed by atoms with Crippen LogP contribution in [0.3, 0.4) is 0 Å². The third kappa shape index (κ3) is 5.56. The number of nitro groups is 1. The van der Waals surface area contributed by atoms with Crippen LogP contribution in [-0.2, 0) is 4.79 Å². The third-order valence-electron chi connectivity index (χ3n) is 2.41. The lowest BCUT2D eigenvalue weighted by atomic mass is 10.2. The van der Waals surface area contributed by atoms with Gasteiger partial charge < -0.3 is 9.84 Å². The van der Waals surface area contributed by atoms with Gasteiger partial charge in [-0.15, -0.1) is 0 Å². The van der Waals surface area contributed by atoms with Crippen LogP contribution in [0.1, 0.15) is 25.7 Å². The lowest BCUT2D eigenvalue weighted by molar-refractivity contribution is -0.385. The monoisotopic (exact) mass is 287 g/mol. The first-order valence-corrected chi connectivity index (χ1v) is 6.17.